The van der Waals surface area contributed by atoms with Gasteiger partial charge < -0.3 is 4.42 Å². The molecule has 6 nitrogen and oxygen atoms in total. The quantitative estimate of drug-likeness (QED) is 0.428. The third kappa shape index (κ3) is 3.33. The number of fused-ring (bicyclic) bond motifs is 3. The fraction of sp³-hybridized carbons (Fsp3) is 0.333. The lowest BCUT2D eigenvalue weighted by atomic mass is 9.96. The van der Waals surface area contributed by atoms with Crippen LogP contribution in [-0.2, 0) is 6.42 Å². The first-order valence-electron chi connectivity index (χ1n) is 10.5. The average Bonchev–Trinajstić information content (AvgIpc) is 3.44. The van der Waals surface area contributed by atoms with E-state index in [1.165, 1.54) is 21.6 Å². The molecule has 1 aliphatic rings. The van der Waals surface area contributed by atoms with E-state index in [-0.39, 0.29) is 6.04 Å². The number of thiophene rings is 1. The lowest BCUT2D eigenvalue weighted by molar-refractivity contribution is 0.467. The van der Waals surface area contributed by atoms with E-state index in [1.807, 2.05) is 6.92 Å². The molecular weight excluding hydrogens is 406 g/mol. The van der Waals surface area contributed by atoms with Gasteiger partial charge in [-0.15, -0.1) is 21.5 Å². The molecule has 0 bridgehead atoms. The van der Waals surface area contributed by atoms with Crippen LogP contribution in [0.2, 0.25) is 0 Å². The van der Waals surface area contributed by atoms with Gasteiger partial charge in [0.05, 0.1) is 18.3 Å². The van der Waals surface area contributed by atoms with Crippen LogP contribution in [0.5, 0.6) is 0 Å². The number of aromatic nitrogens is 4. The van der Waals surface area contributed by atoms with E-state index in [0.717, 1.165) is 27.9 Å². The highest BCUT2D eigenvalue weighted by Crippen LogP contribution is 2.39. The number of nitrogens with zero attached hydrogens (tertiary/aromatic N) is 5. The van der Waals surface area contributed by atoms with Gasteiger partial charge in [-0.3, -0.25) is 9.56 Å². The smallest absolute Gasteiger partial charge is 0.196 e. The van der Waals surface area contributed by atoms with Gasteiger partial charge in [0.15, 0.2) is 11.7 Å². The van der Waals surface area contributed by atoms with Crippen molar-refractivity contribution in [3.63, 3.8) is 0 Å². The number of hydrogen-bond donors (Lipinski definition) is 0. The van der Waals surface area contributed by atoms with Crippen molar-refractivity contribution >= 4 is 17.0 Å². The summed E-state index contributed by atoms with van der Waals surface area (Å²) in [6, 6.07) is 8.54. The van der Waals surface area contributed by atoms with Gasteiger partial charge in [-0.2, -0.15) is 0 Å². The van der Waals surface area contributed by atoms with Gasteiger partial charge in [0, 0.05) is 16.0 Å². The Morgan fingerprint density at radius 2 is 1.87 bits per heavy atom. The highest BCUT2D eigenvalue weighted by atomic mass is 32.1. The molecule has 3 aromatic heterocycles. The van der Waals surface area contributed by atoms with E-state index in [4.69, 9.17) is 9.41 Å². The second kappa shape index (κ2) is 7.57. The summed E-state index contributed by atoms with van der Waals surface area (Å²) in [7, 11) is 0. The van der Waals surface area contributed by atoms with Crippen LogP contribution in [0.15, 0.2) is 46.1 Å². The first kappa shape index (κ1) is 19.9. The van der Waals surface area contributed by atoms with E-state index in [0.29, 0.717) is 18.2 Å². The molecule has 0 amide bonds. The Labute approximate surface area is 185 Å². The highest BCUT2D eigenvalue weighted by molar-refractivity contribution is 7.15. The summed E-state index contributed by atoms with van der Waals surface area (Å²) in [6.45, 7) is 10.8. The van der Waals surface area contributed by atoms with Crippen LogP contribution < -0.4 is 0 Å². The van der Waals surface area contributed by atoms with E-state index >= 15 is 0 Å². The molecule has 31 heavy (non-hydrogen) atoms. The molecule has 0 radical (unpaired) electrons. The van der Waals surface area contributed by atoms with E-state index < -0.39 is 0 Å². The second-order valence-corrected chi connectivity index (χ2v) is 9.51. The summed E-state index contributed by atoms with van der Waals surface area (Å²) in [5.74, 6) is 2.82. The molecule has 1 atom stereocenters. The molecule has 158 valence electrons. The molecule has 4 heterocycles. The van der Waals surface area contributed by atoms with Crippen molar-refractivity contribution in [2.75, 3.05) is 0 Å². The lowest BCUT2D eigenvalue weighted by Crippen LogP contribution is -2.09. The Morgan fingerprint density at radius 1 is 1.10 bits per heavy atom. The molecule has 4 aromatic rings. The summed E-state index contributed by atoms with van der Waals surface area (Å²) < 4.78 is 7.71. The number of oxazole rings is 1. The standard InChI is InChI=1S/C24H25N5OS/c1-13(2)17-6-8-18(9-7-17)22-21-14(3)15(4)31-24(21)29-16(5)27-28-23(29)19(26-22)12-20-25-10-11-30-20/h6-11,13,19H,12H2,1-5H3. The number of aryl methyl sites for hydroxylation is 2. The number of rotatable bonds is 4. The minimum absolute atomic E-state index is 0.237. The largest absolute Gasteiger partial charge is 0.449 e. The second-order valence-electron chi connectivity index (χ2n) is 8.30. The van der Waals surface area contributed by atoms with Gasteiger partial charge >= 0.3 is 0 Å². The molecule has 5 rings (SSSR count). The predicted octanol–water partition coefficient (Wildman–Crippen LogP) is 5.50. The van der Waals surface area contributed by atoms with Crippen LogP contribution in [0.4, 0.5) is 0 Å². The van der Waals surface area contributed by atoms with Crippen LogP contribution in [0.1, 0.15) is 70.5 Å². The van der Waals surface area contributed by atoms with E-state index in [1.54, 1.807) is 23.8 Å². The fourth-order valence-electron chi connectivity index (χ4n) is 4.07. The van der Waals surface area contributed by atoms with Crippen molar-refractivity contribution in [3.8, 4) is 5.00 Å². The fourth-order valence-corrected chi connectivity index (χ4v) is 5.28. The maximum absolute atomic E-state index is 5.55. The zero-order valence-electron chi connectivity index (χ0n) is 18.4. The average molecular weight is 432 g/mol. The normalized spacial score (nSPS) is 15.5. The SMILES string of the molecule is Cc1sc2c(c1C)C(c1ccc(C(C)C)cc1)=NC(Cc1ncco1)c1nnc(C)n1-2. The third-order valence-electron chi connectivity index (χ3n) is 5.94. The summed E-state index contributed by atoms with van der Waals surface area (Å²) in [5, 5.41) is 10.0. The summed E-state index contributed by atoms with van der Waals surface area (Å²) in [6.07, 6.45) is 3.80. The molecule has 0 spiro atoms. The summed E-state index contributed by atoms with van der Waals surface area (Å²) in [4.78, 5) is 10.9. The molecule has 1 aromatic carbocycles. The minimum atomic E-state index is -0.237. The molecule has 0 aliphatic carbocycles. The molecule has 0 N–H and O–H groups in total. The number of hydrogen-bond acceptors (Lipinski definition) is 6. The van der Waals surface area contributed by atoms with Crippen molar-refractivity contribution in [1.29, 1.82) is 0 Å². The Bertz CT molecular complexity index is 1260. The maximum Gasteiger partial charge on any atom is 0.196 e. The molecule has 0 fully saturated rings. The predicted molar refractivity (Wildman–Crippen MR) is 123 cm³/mol. The van der Waals surface area contributed by atoms with Crippen LogP contribution in [0.25, 0.3) is 5.00 Å². The topological polar surface area (TPSA) is 69.1 Å². The van der Waals surface area contributed by atoms with Crippen LogP contribution in [-0.4, -0.2) is 25.5 Å². The van der Waals surface area contributed by atoms with Crippen molar-refractivity contribution < 1.29 is 4.42 Å². The molecule has 1 unspecified atom stereocenters. The molecule has 7 heteroatoms. The molecule has 0 saturated carbocycles. The van der Waals surface area contributed by atoms with Gasteiger partial charge in [0.1, 0.15) is 23.1 Å². The summed E-state index contributed by atoms with van der Waals surface area (Å²) in [5.41, 5.74) is 5.84. The number of aliphatic imine (C=N–C) groups is 1. The summed E-state index contributed by atoms with van der Waals surface area (Å²) >= 11 is 1.77. The zero-order valence-corrected chi connectivity index (χ0v) is 19.2. The zero-order chi connectivity index (χ0) is 21.7. The maximum atomic E-state index is 5.55. The highest BCUT2D eigenvalue weighted by Gasteiger charge is 2.32. The van der Waals surface area contributed by atoms with Gasteiger partial charge in [-0.05, 0) is 37.8 Å². The van der Waals surface area contributed by atoms with Crippen LogP contribution in [0.3, 0.4) is 0 Å². The van der Waals surface area contributed by atoms with Crippen LogP contribution >= 0.6 is 11.3 Å². The molecule has 1 aliphatic heterocycles. The Morgan fingerprint density at radius 3 is 2.55 bits per heavy atom. The minimum Gasteiger partial charge on any atom is -0.449 e. The van der Waals surface area contributed by atoms with Gasteiger partial charge in [-0.1, -0.05) is 38.1 Å². The Hall–Kier alpha value is -3.06. The Kier molecular flexibility index (Phi) is 4.85. The Balaban J connectivity index is 1.74. The van der Waals surface area contributed by atoms with Crippen LogP contribution in [0, 0.1) is 20.8 Å². The molecular formula is C24H25N5OS. The number of benzene rings is 1. The van der Waals surface area contributed by atoms with Crippen molar-refractivity contribution in [2.45, 2.75) is 53.0 Å². The van der Waals surface area contributed by atoms with E-state index in [9.17, 15) is 0 Å². The van der Waals surface area contributed by atoms with Gasteiger partial charge in [0.25, 0.3) is 0 Å². The lowest BCUT2D eigenvalue weighted by Gasteiger charge is -2.12. The van der Waals surface area contributed by atoms with E-state index in [2.05, 4.69) is 71.7 Å². The van der Waals surface area contributed by atoms with Gasteiger partial charge in [0.2, 0.25) is 0 Å². The monoisotopic (exact) mass is 431 g/mol. The molecule has 0 saturated heterocycles. The van der Waals surface area contributed by atoms with Gasteiger partial charge in [-0.25, -0.2) is 4.98 Å². The third-order valence-corrected chi connectivity index (χ3v) is 7.13. The van der Waals surface area contributed by atoms with Crippen molar-refractivity contribution in [2.24, 2.45) is 4.99 Å². The van der Waals surface area contributed by atoms with Crippen molar-refractivity contribution in [3.05, 3.63) is 81.4 Å². The first-order valence-corrected chi connectivity index (χ1v) is 11.3. The van der Waals surface area contributed by atoms with Crippen molar-refractivity contribution in [1.82, 2.24) is 19.7 Å². The first-order chi connectivity index (χ1) is 14.9.